The van der Waals surface area contributed by atoms with Gasteiger partial charge in [-0.1, -0.05) is 41.4 Å². The number of aromatic nitrogens is 2. The van der Waals surface area contributed by atoms with Crippen LogP contribution in [0.5, 0.6) is 0 Å². The first-order valence-corrected chi connectivity index (χ1v) is 7.76. The number of fused-ring (bicyclic) bond motifs is 1. The van der Waals surface area contributed by atoms with Gasteiger partial charge < -0.3 is 4.90 Å². The van der Waals surface area contributed by atoms with E-state index in [1.54, 1.807) is 30.3 Å². The minimum Gasteiger partial charge on any atom is -0.312 e. The maximum absolute atomic E-state index is 11.5. The maximum Gasteiger partial charge on any atom is 0.255 e. The van der Waals surface area contributed by atoms with Crippen molar-refractivity contribution in [2.45, 2.75) is 0 Å². The van der Waals surface area contributed by atoms with Crippen LogP contribution in [0.2, 0.25) is 10.0 Å². The van der Waals surface area contributed by atoms with E-state index in [1.807, 2.05) is 24.3 Å². The first-order valence-electron chi connectivity index (χ1n) is 6.62. The summed E-state index contributed by atoms with van der Waals surface area (Å²) in [4.78, 5) is 22.0. The zero-order chi connectivity index (χ0) is 16.6. The fourth-order valence-corrected chi connectivity index (χ4v) is 3.17. The molecule has 0 unspecified atom stereocenters. The van der Waals surface area contributed by atoms with Crippen LogP contribution >= 0.6 is 34.8 Å². The lowest BCUT2D eigenvalue weighted by Gasteiger charge is -2.20. The predicted molar refractivity (Wildman–Crippen MR) is 94.2 cm³/mol. The first kappa shape index (κ1) is 16.0. The van der Waals surface area contributed by atoms with Gasteiger partial charge in [0.15, 0.2) is 0 Å². The van der Waals surface area contributed by atoms with E-state index in [0.717, 1.165) is 10.9 Å². The summed E-state index contributed by atoms with van der Waals surface area (Å²) in [5, 5.41) is 0.585. The number of halogens is 3. The molecule has 3 rings (SSSR count). The predicted octanol–water partition coefficient (Wildman–Crippen LogP) is 5.08. The molecule has 0 bridgehead atoms. The number of hydrogen-bond donors (Lipinski definition) is 0. The summed E-state index contributed by atoms with van der Waals surface area (Å²) in [7, 11) is 1.75. The summed E-state index contributed by atoms with van der Waals surface area (Å²) < 4.78 is 0. The second kappa shape index (κ2) is 6.32. The molecule has 2 aromatic carbocycles. The Morgan fingerprint density at radius 2 is 1.87 bits per heavy atom. The minimum atomic E-state index is -0.713. The van der Waals surface area contributed by atoms with Gasteiger partial charge in [-0.25, -0.2) is 9.97 Å². The summed E-state index contributed by atoms with van der Waals surface area (Å²) in [6.07, 6.45) is 1.73. The monoisotopic (exact) mass is 365 g/mol. The molecule has 0 amide bonds. The van der Waals surface area contributed by atoms with Gasteiger partial charge in [-0.2, -0.15) is 0 Å². The van der Waals surface area contributed by atoms with E-state index in [1.165, 1.54) is 0 Å². The lowest BCUT2D eigenvalue weighted by Crippen LogP contribution is -2.14. The Labute approximate surface area is 147 Å². The molecule has 0 radical (unpaired) electrons. The second-order valence-corrected chi connectivity index (χ2v) is 5.95. The van der Waals surface area contributed by atoms with Crippen molar-refractivity contribution in [3.8, 4) is 0 Å². The third-order valence-electron chi connectivity index (χ3n) is 3.40. The molecule has 116 valence electrons. The first-order chi connectivity index (χ1) is 11.0. The fraction of sp³-hybridized carbons (Fsp3) is 0.0625. The van der Waals surface area contributed by atoms with Gasteiger partial charge in [-0.05, 0) is 29.8 Å². The summed E-state index contributed by atoms with van der Waals surface area (Å²) in [6.45, 7) is 0. The van der Waals surface area contributed by atoms with Gasteiger partial charge in [0.05, 0.1) is 26.8 Å². The Morgan fingerprint density at radius 3 is 2.61 bits per heavy atom. The van der Waals surface area contributed by atoms with Crippen LogP contribution in [-0.4, -0.2) is 22.3 Å². The zero-order valence-corrected chi connectivity index (χ0v) is 14.2. The Morgan fingerprint density at radius 1 is 1.13 bits per heavy atom. The van der Waals surface area contributed by atoms with Crippen LogP contribution in [0.15, 0.2) is 42.6 Å². The number of anilines is 2. The molecule has 1 aromatic heterocycles. The van der Waals surface area contributed by atoms with Gasteiger partial charge in [-0.15, -0.1) is 0 Å². The molecular weight excluding hydrogens is 357 g/mol. The van der Waals surface area contributed by atoms with Crippen LogP contribution in [-0.2, 0) is 0 Å². The Kier molecular flexibility index (Phi) is 4.39. The molecule has 0 aliphatic carbocycles. The van der Waals surface area contributed by atoms with E-state index < -0.39 is 5.24 Å². The van der Waals surface area contributed by atoms with Crippen molar-refractivity contribution in [1.82, 2.24) is 9.97 Å². The average molecular weight is 367 g/mol. The normalized spacial score (nSPS) is 10.8. The molecule has 4 nitrogen and oxygen atoms in total. The Bertz CT molecular complexity index is 914. The van der Waals surface area contributed by atoms with E-state index in [-0.39, 0.29) is 15.6 Å². The smallest absolute Gasteiger partial charge is 0.255 e. The van der Waals surface area contributed by atoms with E-state index >= 15 is 0 Å². The minimum absolute atomic E-state index is 0.0696. The van der Waals surface area contributed by atoms with Gasteiger partial charge in [-0.3, -0.25) is 4.79 Å². The second-order valence-electron chi connectivity index (χ2n) is 4.82. The van der Waals surface area contributed by atoms with Crippen LogP contribution in [0.3, 0.4) is 0 Å². The molecule has 0 N–H and O–H groups in total. The van der Waals surface area contributed by atoms with Crippen molar-refractivity contribution in [3.63, 3.8) is 0 Å². The quantitative estimate of drug-likeness (QED) is 0.606. The van der Waals surface area contributed by atoms with Gasteiger partial charge in [0.1, 0.15) is 0 Å². The van der Waals surface area contributed by atoms with Gasteiger partial charge >= 0.3 is 0 Å². The molecule has 0 saturated carbocycles. The molecule has 23 heavy (non-hydrogen) atoms. The lowest BCUT2D eigenvalue weighted by atomic mass is 10.2. The third kappa shape index (κ3) is 2.98. The number of nitrogens with zero attached hydrogens (tertiary/aromatic N) is 3. The van der Waals surface area contributed by atoms with Crippen LogP contribution < -0.4 is 4.90 Å². The highest BCUT2D eigenvalue weighted by Gasteiger charge is 2.20. The molecule has 1 heterocycles. The van der Waals surface area contributed by atoms with E-state index in [2.05, 4.69) is 9.97 Å². The SMILES string of the molecule is CN(c1ncc2ccccc2n1)c1ccc(Cl)c(C(=O)Cl)c1Cl. The Balaban J connectivity index is 2.10. The lowest BCUT2D eigenvalue weighted by molar-refractivity contribution is 0.108. The largest absolute Gasteiger partial charge is 0.312 e. The number of para-hydroxylation sites is 1. The highest BCUT2D eigenvalue weighted by molar-refractivity contribution is 6.70. The van der Waals surface area contributed by atoms with Crippen LogP contribution in [0.4, 0.5) is 11.6 Å². The standard InChI is InChI=1S/C16H10Cl3N3O/c1-22(12-7-6-10(17)13(14(12)18)15(19)23)16-20-8-9-4-2-3-5-11(9)21-16/h2-8H,1H3. The van der Waals surface area contributed by atoms with Crippen molar-refractivity contribution in [1.29, 1.82) is 0 Å². The summed E-state index contributed by atoms with van der Waals surface area (Å²) in [5.41, 5.74) is 1.42. The van der Waals surface area contributed by atoms with Crippen LogP contribution in [0, 0.1) is 0 Å². The summed E-state index contributed by atoms with van der Waals surface area (Å²) in [6, 6.07) is 10.9. The molecule has 0 aliphatic rings. The van der Waals surface area contributed by atoms with E-state index in [4.69, 9.17) is 34.8 Å². The van der Waals surface area contributed by atoms with Crippen LogP contribution in [0.1, 0.15) is 10.4 Å². The number of hydrogen-bond acceptors (Lipinski definition) is 4. The topological polar surface area (TPSA) is 46.1 Å². The average Bonchev–Trinajstić information content (AvgIpc) is 2.53. The van der Waals surface area contributed by atoms with Gasteiger partial charge in [0.2, 0.25) is 5.95 Å². The molecule has 0 saturated heterocycles. The molecule has 0 fully saturated rings. The third-order valence-corrected chi connectivity index (χ3v) is 4.29. The summed E-state index contributed by atoms with van der Waals surface area (Å²) in [5.74, 6) is 0.445. The molecular formula is C16H10Cl3N3O. The molecule has 0 aliphatic heterocycles. The number of rotatable bonds is 3. The van der Waals surface area contributed by atoms with Crippen molar-refractivity contribution in [2.75, 3.05) is 11.9 Å². The highest BCUT2D eigenvalue weighted by atomic mass is 35.5. The zero-order valence-electron chi connectivity index (χ0n) is 11.9. The van der Waals surface area contributed by atoms with Gasteiger partial charge in [0, 0.05) is 18.6 Å². The van der Waals surface area contributed by atoms with Crippen LogP contribution in [0.25, 0.3) is 10.9 Å². The summed E-state index contributed by atoms with van der Waals surface area (Å²) >= 11 is 17.8. The van der Waals surface area contributed by atoms with Crippen molar-refractivity contribution >= 4 is 62.6 Å². The van der Waals surface area contributed by atoms with Crippen molar-refractivity contribution < 1.29 is 4.79 Å². The molecule has 0 atom stereocenters. The maximum atomic E-state index is 11.5. The number of benzene rings is 2. The number of carbonyl (C=O) groups excluding carboxylic acids is 1. The van der Waals surface area contributed by atoms with Crippen molar-refractivity contribution in [2.24, 2.45) is 0 Å². The Hall–Kier alpha value is -1.88. The molecule has 0 spiro atoms. The fourth-order valence-electron chi connectivity index (χ4n) is 2.21. The van der Waals surface area contributed by atoms with Gasteiger partial charge in [0.25, 0.3) is 5.24 Å². The molecule has 3 aromatic rings. The van der Waals surface area contributed by atoms with E-state index in [9.17, 15) is 4.79 Å². The van der Waals surface area contributed by atoms with Crippen molar-refractivity contribution in [3.05, 3.63) is 58.2 Å². The highest BCUT2D eigenvalue weighted by Crippen LogP contribution is 2.36. The number of carbonyl (C=O) groups is 1. The van der Waals surface area contributed by atoms with E-state index in [0.29, 0.717) is 11.6 Å². The molecule has 7 heteroatoms.